The molecule has 3 aromatic rings. The van der Waals surface area contributed by atoms with E-state index in [9.17, 15) is 16.8 Å². The van der Waals surface area contributed by atoms with Gasteiger partial charge in [-0.1, -0.05) is 0 Å². The topological polar surface area (TPSA) is 136 Å². The maximum absolute atomic E-state index is 12.8. The van der Waals surface area contributed by atoms with Crippen molar-refractivity contribution in [3.05, 3.63) is 65.6 Å². The van der Waals surface area contributed by atoms with Gasteiger partial charge in [-0.3, -0.25) is 4.72 Å². The Kier molecular flexibility index (Phi) is 8.96. The molecular formula is C25H27NO10S2. The Morgan fingerprint density at radius 2 is 1.21 bits per heavy atom. The third-order valence-electron chi connectivity index (χ3n) is 5.14. The first-order chi connectivity index (χ1) is 18.0. The molecule has 3 aromatic carbocycles. The van der Waals surface area contributed by atoms with Crippen molar-refractivity contribution in [1.82, 2.24) is 0 Å². The van der Waals surface area contributed by atoms with Crippen LogP contribution in [-0.4, -0.2) is 52.4 Å². The summed E-state index contributed by atoms with van der Waals surface area (Å²) >= 11 is 0. The number of sulfonamides is 1. The first-order valence-corrected chi connectivity index (χ1v) is 13.8. The number of benzene rings is 3. The predicted octanol–water partition coefficient (Wildman–Crippen LogP) is 3.91. The minimum absolute atomic E-state index is 0.0315. The quantitative estimate of drug-likeness (QED) is 0.322. The van der Waals surface area contributed by atoms with Crippen LogP contribution in [0.25, 0.3) is 6.08 Å². The first kappa shape index (κ1) is 28.5. The van der Waals surface area contributed by atoms with Crippen LogP contribution in [-0.2, 0) is 20.1 Å². The molecule has 0 radical (unpaired) electrons. The molecule has 3 rings (SSSR count). The van der Waals surface area contributed by atoms with Crippen LogP contribution in [0.3, 0.4) is 0 Å². The molecule has 0 bridgehead atoms. The van der Waals surface area contributed by atoms with Crippen LogP contribution in [0.4, 0.5) is 5.69 Å². The zero-order valence-electron chi connectivity index (χ0n) is 21.2. The van der Waals surface area contributed by atoms with Crippen molar-refractivity contribution in [2.45, 2.75) is 4.90 Å². The van der Waals surface area contributed by atoms with Crippen LogP contribution in [0.5, 0.6) is 34.5 Å². The number of methoxy groups -OCH3 is 5. The summed E-state index contributed by atoms with van der Waals surface area (Å²) in [4.78, 5) is -0.128. The molecule has 0 amide bonds. The maximum Gasteiger partial charge on any atom is 0.339 e. The summed E-state index contributed by atoms with van der Waals surface area (Å²) in [6.07, 6.45) is 1.30. The second-order valence-electron chi connectivity index (χ2n) is 7.47. The molecule has 0 spiro atoms. The lowest BCUT2D eigenvalue weighted by Gasteiger charge is -2.14. The van der Waals surface area contributed by atoms with Gasteiger partial charge in [0.25, 0.3) is 10.0 Å². The molecule has 204 valence electrons. The van der Waals surface area contributed by atoms with Crippen molar-refractivity contribution in [3.8, 4) is 34.5 Å². The number of ether oxygens (including phenoxy) is 5. The van der Waals surface area contributed by atoms with Crippen LogP contribution in [0.15, 0.2) is 64.9 Å². The number of anilines is 1. The van der Waals surface area contributed by atoms with Gasteiger partial charge in [0.2, 0.25) is 0 Å². The van der Waals surface area contributed by atoms with E-state index < -0.39 is 20.1 Å². The number of hydrogen-bond donors (Lipinski definition) is 1. The Morgan fingerprint density at radius 3 is 1.74 bits per heavy atom. The molecular weight excluding hydrogens is 538 g/mol. The van der Waals surface area contributed by atoms with Gasteiger partial charge < -0.3 is 27.9 Å². The summed E-state index contributed by atoms with van der Waals surface area (Å²) in [5.41, 5.74) is 0.398. The lowest BCUT2D eigenvalue weighted by Crippen LogP contribution is -2.12. The SMILES string of the molecule is COc1ccc(S(=O)(=O)Oc2cc(NS(=O)(=O)/C=C/c3c(OC)cc(OC)cc3OC)ccc2OC)cc1. The Hall–Kier alpha value is -4.10. The molecule has 0 aliphatic carbocycles. The smallest absolute Gasteiger partial charge is 0.339 e. The van der Waals surface area contributed by atoms with Crippen LogP contribution >= 0.6 is 0 Å². The van der Waals surface area contributed by atoms with Crippen LogP contribution in [0, 0.1) is 0 Å². The molecule has 0 saturated heterocycles. The standard InChI is InChI=1S/C25H27NO10S2/c1-31-18-7-9-20(10-8-18)38(29,30)36-25-14-17(6-11-22(25)33-3)26-37(27,28)13-12-21-23(34-4)15-19(32-2)16-24(21)35-5/h6-16,26H,1-5H3/b13-12+. The Balaban J connectivity index is 1.88. The summed E-state index contributed by atoms with van der Waals surface area (Å²) in [6.45, 7) is 0. The van der Waals surface area contributed by atoms with Crippen molar-refractivity contribution in [2.24, 2.45) is 0 Å². The van der Waals surface area contributed by atoms with E-state index in [1.807, 2.05) is 0 Å². The lowest BCUT2D eigenvalue weighted by molar-refractivity contribution is 0.374. The van der Waals surface area contributed by atoms with E-state index in [2.05, 4.69) is 4.72 Å². The summed E-state index contributed by atoms with van der Waals surface area (Å²) < 4.78 is 84.9. The van der Waals surface area contributed by atoms with Gasteiger partial charge >= 0.3 is 10.1 Å². The van der Waals surface area contributed by atoms with Gasteiger partial charge in [-0.2, -0.15) is 8.42 Å². The van der Waals surface area contributed by atoms with Crippen LogP contribution < -0.4 is 32.6 Å². The van der Waals surface area contributed by atoms with E-state index in [4.69, 9.17) is 27.9 Å². The molecule has 0 heterocycles. The number of rotatable bonds is 12. The molecule has 38 heavy (non-hydrogen) atoms. The van der Waals surface area contributed by atoms with Gasteiger partial charge in [-0.05, 0) is 42.5 Å². The van der Waals surface area contributed by atoms with Crippen molar-refractivity contribution in [3.63, 3.8) is 0 Å². The number of nitrogens with one attached hydrogen (secondary N) is 1. The van der Waals surface area contributed by atoms with E-state index in [-0.39, 0.29) is 22.1 Å². The van der Waals surface area contributed by atoms with Crippen molar-refractivity contribution < 1.29 is 44.7 Å². The minimum Gasteiger partial charge on any atom is -0.497 e. The zero-order valence-corrected chi connectivity index (χ0v) is 22.9. The molecule has 13 heteroatoms. The van der Waals surface area contributed by atoms with Gasteiger partial charge in [0.05, 0.1) is 52.2 Å². The van der Waals surface area contributed by atoms with Gasteiger partial charge in [0.1, 0.15) is 27.9 Å². The summed E-state index contributed by atoms with van der Waals surface area (Å²) in [6, 6.07) is 12.7. The molecule has 0 unspecified atom stereocenters. The first-order valence-electron chi connectivity index (χ1n) is 10.8. The largest absolute Gasteiger partial charge is 0.497 e. The van der Waals surface area contributed by atoms with E-state index >= 15 is 0 Å². The van der Waals surface area contributed by atoms with E-state index in [1.165, 1.54) is 84.1 Å². The Bertz CT molecular complexity index is 1490. The highest BCUT2D eigenvalue weighted by molar-refractivity contribution is 7.95. The van der Waals surface area contributed by atoms with Gasteiger partial charge in [0.15, 0.2) is 11.5 Å². The van der Waals surface area contributed by atoms with Gasteiger partial charge in [-0.15, -0.1) is 0 Å². The molecule has 11 nitrogen and oxygen atoms in total. The summed E-state index contributed by atoms with van der Waals surface area (Å²) in [5, 5.41) is 0.915. The molecule has 0 fully saturated rings. The Morgan fingerprint density at radius 1 is 0.632 bits per heavy atom. The second kappa shape index (κ2) is 12.0. The van der Waals surface area contributed by atoms with Crippen molar-refractivity contribution >= 4 is 31.9 Å². The van der Waals surface area contributed by atoms with Gasteiger partial charge in [-0.25, -0.2) is 8.42 Å². The van der Waals surface area contributed by atoms with Crippen molar-refractivity contribution in [1.29, 1.82) is 0 Å². The van der Waals surface area contributed by atoms with Crippen molar-refractivity contribution in [2.75, 3.05) is 40.3 Å². The minimum atomic E-state index is -4.26. The monoisotopic (exact) mass is 565 g/mol. The third kappa shape index (κ3) is 6.81. The highest BCUT2D eigenvalue weighted by Crippen LogP contribution is 2.36. The highest BCUT2D eigenvalue weighted by atomic mass is 32.2. The lowest BCUT2D eigenvalue weighted by atomic mass is 10.1. The normalized spacial score (nSPS) is 11.6. The fourth-order valence-corrected chi connectivity index (χ4v) is 5.04. The van der Waals surface area contributed by atoms with Crippen LogP contribution in [0.1, 0.15) is 5.56 Å². The predicted molar refractivity (Wildman–Crippen MR) is 141 cm³/mol. The highest BCUT2D eigenvalue weighted by Gasteiger charge is 2.21. The van der Waals surface area contributed by atoms with E-state index in [0.717, 1.165) is 5.41 Å². The average Bonchev–Trinajstić information content (AvgIpc) is 2.91. The van der Waals surface area contributed by atoms with E-state index in [0.29, 0.717) is 28.6 Å². The van der Waals surface area contributed by atoms with E-state index in [1.54, 1.807) is 12.1 Å². The molecule has 0 atom stereocenters. The second-order valence-corrected chi connectivity index (χ2v) is 10.6. The Labute approximate surface area is 221 Å². The third-order valence-corrected chi connectivity index (χ3v) is 7.40. The molecule has 0 aromatic heterocycles. The fraction of sp³-hybridized carbons (Fsp3) is 0.200. The fourth-order valence-electron chi connectivity index (χ4n) is 3.27. The van der Waals surface area contributed by atoms with Gasteiger partial charge in [0, 0.05) is 18.2 Å². The molecule has 0 saturated carbocycles. The molecule has 1 N–H and O–H groups in total. The molecule has 0 aliphatic heterocycles. The average molecular weight is 566 g/mol. The zero-order chi connectivity index (χ0) is 27.9. The summed E-state index contributed by atoms with van der Waals surface area (Å²) in [7, 11) is -1.22. The maximum atomic E-state index is 12.8. The molecule has 0 aliphatic rings. The number of hydrogen-bond acceptors (Lipinski definition) is 10. The summed E-state index contributed by atoms with van der Waals surface area (Å²) in [5.74, 6) is 1.45. The van der Waals surface area contributed by atoms with Crippen LogP contribution in [0.2, 0.25) is 0 Å².